The van der Waals surface area contributed by atoms with Crippen molar-refractivity contribution in [1.82, 2.24) is 10.6 Å². The lowest BCUT2D eigenvalue weighted by Gasteiger charge is -2.30. The number of anilines is 1. The highest BCUT2D eigenvalue weighted by atomic mass is 16.5. The maximum atomic E-state index is 12.1. The number of nitrogens with zero attached hydrogens (tertiary/aromatic N) is 1. The van der Waals surface area contributed by atoms with Crippen molar-refractivity contribution >= 4 is 11.6 Å². The number of hydrogen-bond acceptors (Lipinski definition) is 4. The average Bonchev–Trinajstić information content (AvgIpc) is 2.62. The smallest absolute Gasteiger partial charge is 0.244 e. The lowest BCUT2D eigenvalue weighted by molar-refractivity contribution is -0.121. The van der Waals surface area contributed by atoms with Crippen LogP contribution in [0.1, 0.15) is 6.42 Å². The second-order valence-electron chi connectivity index (χ2n) is 4.61. The zero-order chi connectivity index (χ0) is 13.7. The summed E-state index contributed by atoms with van der Waals surface area (Å²) >= 11 is 0. The fourth-order valence-electron chi connectivity index (χ4n) is 2.37. The van der Waals surface area contributed by atoms with Crippen LogP contribution >= 0.6 is 0 Å². The first kappa shape index (κ1) is 13.7. The number of amides is 1. The predicted molar refractivity (Wildman–Crippen MR) is 75.7 cm³/mol. The molecule has 19 heavy (non-hydrogen) atoms. The summed E-state index contributed by atoms with van der Waals surface area (Å²) in [6, 6.07) is 7.67. The van der Waals surface area contributed by atoms with Gasteiger partial charge in [0.1, 0.15) is 11.8 Å². The van der Waals surface area contributed by atoms with Crippen molar-refractivity contribution in [3.63, 3.8) is 0 Å². The summed E-state index contributed by atoms with van der Waals surface area (Å²) in [4.78, 5) is 14.3. The third-order valence-corrected chi connectivity index (χ3v) is 3.34. The van der Waals surface area contributed by atoms with Gasteiger partial charge in [-0.25, -0.2) is 0 Å². The molecule has 1 unspecified atom stereocenters. The van der Waals surface area contributed by atoms with Crippen LogP contribution in [0.4, 0.5) is 5.69 Å². The van der Waals surface area contributed by atoms with Gasteiger partial charge in [0.2, 0.25) is 5.91 Å². The lowest BCUT2D eigenvalue weighted by atomic mass is 10.2. The highest BCUT2D eigenvalue weighted by molar-refractivity contribution is 5.86. The van der Waals surface area contributed by atoms with Crippen LogP contribution in [0.15, 0.2) is 24.3 Å². The molecule has 1 aliphatic rings. The van der Waals surface area contributed by atoms with Gasteiger partial charge < -0.3 is 20.3 Å². The minimum Gasteiger partial charge on any atom is -0.497 e. The second kappa shape index (κ2) is 6.43. The number of likely N-dealkylation sites (N-methyl/N-ethyl adjacent to an activating group) is 1. The van der Waals surface area contributed by atoms with E-state index in [9.17, 15) is 4.79 Å². The number of rotatable bonds is 4. The molecule has 5 heteroatoms. The van der Waals surface area contributed by atoms with E-state index in [1.807, 2.05) is 31.3 Å². The van der Waals surface area contributed by atoms with Gasteiger partial charge in [0.05, 0.1) is 7.11 Å². The van der Waals surface area contributed by atoms with Crippen LogP contribution in [0.5, 0.6) is 5.75 Å². The number of hydrogen-bond donors (Lipinski definition) is 2. The molecule has 1 atom stereocenters. The molecule has 0 saturated carbocycles. The van der Waals surface area contributed by atoms with Gasteiger partial charge in [0, 0.05) is 31.4 Å². The molecule has 2 N–H and O–H groups in total. The van der Waals surface area contributed by atoms with Gasteiger partial charge in [-0.1, -0.05) is 6.07 Å². The monoisotopic (exact) mass is 263 g/mol. The number of carbonyl (C=O) groups excluding carboxylic acids is 1. The molecule has 1 aromatic carbocycles. The Hall–Kier alpha value is -1.75. The first-order valence-electron chi connectivity index (χ1n) is 6.59. The molecule has 5 nitrogen and oxygen atoms in total. The first-order valence-corrected chi connectivity index (χ1v) is 6.59. The Morgan fingerprint density at radius 3 is 3.11 bits per heavy atom. The van der Waals surface area contributed by atoms with Crippen LogP contribution in [0.3, 0.4) is 0 Å². The molecule has 0 bridgehead atoms. The number of carbonyl (C=O) groups is 1. The van der Waals surface area contributed by atoms with E-state index in [0.717, 1.165) is 30.9 Å². The Labute approximate surface area is 113 Å². The number of methoxy groups -OCH3 is 1. The van der Waals surface area contributed by atoms with Crippen LogP contribution < -0.4 is 20.3 Å². The van der Waals surface area contributed by atoms with Gasteiger partial charge in [-0.15, -0.1) is 0 Å². The van der Waals surface area contributed by atoms with Gasteiger partial charge in [0.25, 0.3) is 0 Å². The van der Waals surface area contributed by atoms with E-state index in [0.29, 0.717) is 6.54 Å². The predicted octanol–water partition coefficient (Wildman–Crippen LogP) is 0.610. The van der Waals surface area contributed by atoms with E-state index in [1.54, 1.807) is 7.11 Å². The van der Waals surface area contributed by atoms with Crippen molar-refractivity contribution in [2.24, 2.45) is 0 Å². The summed E-state index contributed by atoms with van der Waals surface area (Å²) in [5, 5.41) is 6.05. The van der Waals surface area contributed by atoms with Crippen molar-refractivity contribution in [1.29, 1.82) is 0 Å². The molecule has 0 aromatic heterocycles. The highest BCUT2D eigenvalue weighted by Gasteiger charge is 2.27. The Balaban J connectivity index is 2.28. The Kier molecular flexibility index (Phi) is 4.63. The SMILES string of the molecule is CNCC1C(=O)NCCCN1c1cccc(OC)c1. The first-order chi connectivity index (χ1) is 9.26. The Bertz CT molecular complexity index is 436. The molecule has 0 aliphatic carbocycles. The number of ether oxygens (including phenoxy) is 1. The lowest BCUT2D eigenvalue weighted by Crippen LogP contribution is -2.49. The number of benzene rings is 1. The third kappa shape index (κ3) is 3.17. The maximum Gasteiger partial charge on any atom is 0.244 e. The molecule has 1 amide bonds. The average molecular weight is 263 g/mol. The molecule has 1 fully saturated rings. The fourth-order valence-corrected chi connectivity index (χ4v) is 2.37. The van der Waals surface area contributed by atoms with E-state index < -0.39 is 0 Å². The van der Waals surface area contributed by atoms with E-state index in [-0.39, 0.29) is 11.9 Å². The molecule has 0 radical (unpaired) electrons. The van der Waals surface area contributed by atoms with Gasteiger partial charge in [-0.05, 0) is 25.6 Å². The number of nitrogens with one attached hydrogen (secondary N) is 2. The summed E-state index contributed by atoms with van der Waals surface area (Å²) in [5.41, 5.74) is 1.02. The minimum atomic E-state index is -0.181. The summed E-state index contributed by atoms with van der Waals surface area (Å²) in [7, 11) is 3.52. The van der Waals surface area contributed by atoms with Gasteiger partial charge >= 0.3 is 0 Å². The summed E-state index contributed by atoms with van der Waals surface area (Å²) in [6.07, 6.45) is 0.948. The van der Waals surface area contributed by atoms with E-state index in [2.05, 4.69) is 15.5 Å². The molecule has 1 aliphatic heterocycles. The van der Waals surface area contributed by atoms with E-state index in [1.165, 1.54) is 0 Å². The Morgan fingerprint density at radius 1 is 1.53 bits per heavy atom. The topological polar surface area (TPSA) is 53.6 Å². The summed E-state index contributed by atoms with van der Waals surface area (Å²) in [5.74, 6) is 0.889. The van der Waals surface area contributed by atoms with Gasteiger partial charge in [-0.2, -0.15) is 0 Å². The van der Waals surface area contributed by atoms with Crippen molar-refractivity contribution in [3.8, 4) is 5.75 Å². The van der Waals surface area contributed by atoms with Crippen molar-refractivity contribution in [2.45, 2.75) is 12.5 Å². The van der Waals surface area contributed by atoms with Crippen LogP contribution in [0.25, 0.3) is 0 Å². The van der Waals surface area contributed by atoms with Crippen molar-refractivity contribution in [2.75, 3.05) is 38.7 Å². The molecule has 0 spiro atoms. The van der Waals surface area contributed by atoms with Crippen LogP contribution in [-0.2, 0) is 4.79 Å². The fraction of sp³-hybridized carbons (Fsp3) is 0.500. The standard InChI is InChI=1S/C14H21N3O2/c1-15-10-13-14(18)16-7-4-8-17(13)11-5-3-6-12(9-11)19-2/h3,5-6,9,13,15H,4,7-8,10H2,1-2H3,(H,16,18). The van der Waals surface area contributed by atoms with E-state index >= 15 is 0 Å². The molecule has 1 heterocycles. The second-order valence-corrected chi connectivity index (χ2v) is 4.61. The van der Waals surface area contributed by atoms with Crippen LogP contribution in [-0.4, -0.2) is 45.7 Å². The largest absolute Gasteiger partial charge is 0.497 e. The zero-order valence-electron chi connectivity index (χ0n) is 11.5. The minimum absolute atomic E-state index is 0.0784. The summed E-state index contributed by atoms with van der Waals surface area (Å²) in [6.45, 7) is 2.22. The van der Waals surface area contributed by atoms with Gasteiger partial charge in [-0.3, -0.25) is 4.79 Å². The van der Waals surface area contributed by atoms with Crippen LogP contribution in [0, 0.1) is 0 Å². The van der Waals surface area contributed by atoms with Crippen LogP contribution in [0.2, 0.25) is 0 Å². The zero-order valence-corrected chi connectivity index (χ0v) is 11.5. The summed E-state index contributed by atoms with van der Waals surface area (Å²) < 4.78 is 5.26. The van der Waals surface area contributed by atoms with Gasteiger partial charge in [0.15, 0.2) is 0 Å². The third-order valence-electron chi connectivity index (χ3n) is 3.34. The van der Waals surface area contributed by atoms with Crippen molar-refractivity contribution in [3.05, 3.63) is 24.3 Å². The molecule has 104 valence electrons. The molecular weight excluding hydrogens is 242 g/mol. The highest BCUT2D eigenvalue weighted by Crippen LogP contribution is 2.23. The van der Waals surface area contributed by atoms with Crippen molar-refractivity contribution < 1.29 is 9.53 Å². The quantitative estimate of drug-likeness (QED) is 0.836. The molecule has 1 saturated heterocycles. The normalized spacial score (nSPS) is 19.8. The molecular formula is C14H21N3O2. The Morgan fingerprint density at radius 2 is 2.37 bits per heavy atom. The van der Waals surface area contributed by atoms with E-state index in [4.69, 9.17) is 4.74 Å². The molecule has 2 rings (SSSR count). The molecule has 1 aromatic rings. The maximum absolute atomic E-state index is 12.1.